The van der Waals surface area contributed by atoms with Gasteiger partial charge in [0.05, 0.1) is 13.1 Å². The molecule has 3 N–H and O–H groups in total. The molecule has 1 aliphatic rings. The van der Waals surface area contributed by atoms with Crippen molar-refractivity contribution < 1.29 is 9.53 Å². The van der Waals surface area contributed by atoms with Gasteiger partial charge in [-0.2, -0.15) is 0 Å². The maximum absolute atomic E-state index is 12.0. The third-order valence-corrected chi connectivity index (χ3v) is 4.15. The van der Waals surface area contributed by atoms with Crippen LogP contribution in [0.5, 0.6) is 5.75 Å². The van der Waals surface area contributed by atoms with Crippen LogP contribution >= 0.6 is 12.4 Å². The average Bonchev–Trinajstić information content (AvgIpc) is 2.54. The van der Waals surface area contributed by atoms with Crippen molar-refractivity contribution >= 4 is 18.3 Å². The summed E-state index contributed by atoms with van der Waals surface area (Å²) in [6.45, 7) is 5.25. The second-order valence-electron chi connectivity index (χ2n) is 6.00. The summed E-state index contributed by atoms with van der Waals surface area (Å²) < 4.78 is 5.55. The van der Waals surface area contributed by atoms with Gasteiger partial charge in [0.25, 0.3) is 0 Å². The minimum Gasteiger partial charge on any atom is -0.492 e. The third kappa shape index (κ3) is 6.77. The van der Waals surface area contributed by atoms with E-state index in [1.54, 1.807) is 0 Å². The number of hydrogen-bond donors (Lipinski definition) is 2. The van der Waals surface area contributed by atoms with Crippen LogP contribution < -0.4 is 15.8 Å². The zero-order valence-corrected chi connectivity index (χ0v) is 14.6. The predicted molar refractivity (Wildman–Crippen MR) is 95.0 cm³/mol. The lowest BCUT2D eigenvalue weighted by Crippen LogP contribution is -2.50. The number of ether oxygens (including phenoxy) is 1. The maximum atomic E-state index is 12.0. The molecule has 2 unspecified atom stereocenters. The molecule has 1 aromatic rings. The van der Waals surface area contributed by atoms with Gasteiger partial charge >= 0.3 is 0 Å². The van der Waals surface area contributed by atoms with Crippen LogP contribution in [-0.2, 0) is 4.79 Å². The molecule has 1 saturated heterocycles. The van der Waals surface area contributed by atoms with Gasteiger partial charge in [0.2, 0.25) is 5.91 Å². The smallest absolute Gasteiger partial charge is 0.234 e. The summed E-state index contributed by atoms with van der Waals surface area (Å²) in [6.07, 6.45) is 2.22. The summed E-state index contributed by atoms with van der Waals surface area (Å²) in [7, 11) is 0. The normalized spacial score (nSPS) is 21.3. The van der Waals surface area contributed by atoms with Crippen molar-refractivity contribution in [2.45, 2.75) is 25.8 Å². The summed E-state index contributed by atoms with van der Waals surface area (Å²) in [5.74, 6) is 1.57. The van der Waals surface area contributed by atoms with Crippen molar-refractivity contribution in [3.8, 4) is 5.75 Å². The van der Waals surface area contributed by atoms with Crippen LogP contribution in [0.2, 0.25) is 0 Å². The van der Waals surface area contributed by atoms with Crippen LogP contribution in [0.4, 0.5) is 0 Å². The molecule has 2 rings (SSSR count). The number of benzene rings is 1. The summed E-state index contributed by atoms with van der Waals surface area (Å²) in [5.41, 5.74) is 5.82. The average molecular weight is 342 g/mol. The molecule has 1 amide bonds. The number of nitrogens with zero attached hydrogens (tertiary/aromatic N) is 1. The molecule has 0 aromatic heterocycles. The lowest BCUT2D eigenvalue weighted by atomic mass is 9.92. The molecule has 130 valence electrons. The van der Waals surface area contributed by atoms with Crippen LogP contribution in [0.15, 0.2) is 30.3 Å². The number of nitrogens with one attached hydrogen (secondary N) is 1. The van der Waals surface area contributed by atoms with Crippen molar-refractivity contribution in [2.75, 3.05) is 32.8 Å². The molecule has 1 fully saturated rings. The Morgan fingerprint density at radius 3 is 2.83 bits per heavy atom. The SMILES string of the molecule is CC1CCN(CC(=O)NCCOc2ccccc2)C(CN)C1.Cl. The first-order valence-corrected chi connectivity index (χ1v) is 8.07. The van der Waals surface area contributed by atoms with Gasteiger partial charge in [0.15, 0.2) is 0 Å². The van der Waals surface area contributed by atoms with Crippen LogP contribution in [0.25, 0.3) is 0 Å². The van der Waals surface area contributed by atoms with Gasteiger partial charge in [-0.25, -0.2) is 0 Å². The highest BCUT2D eigenvalue weighted by molar-refractivity contribution is 5.85. The predicted octanol–water partition coefficient (Wildman–Crippen LogP) is 1.66. The molecule has 1 heterocycles. The first-order valence-electron chi connectivity index (χ1n) is 8.07. The standard InChI is InChI=1S/C17H27N3O2.ClH/c1-14-7-9-20(15(11-14)12-18)13-17(21)19-8-10-22-16-5-3-2-4-6-16;/h2-6,14-15H,7-13,18H2,1H3,(H,19,21);1H. The quantitative estimate of drug-likeness (QED) is 0.740. The largest absolute Gasteiger partial charge is 0.492 e. The fourth-order valence-electron chi connectivity index (χ4n) is 2.87. The van der Waals surface area contributed by atoms with Crippen molar-refractivity contribution in [2.24, 2.45) is 11.7 Å². The van der Waals surface area contributed by atoms with E-state index in [1.165, 1.54) is 0 Å². The fraction of sp³-hybridized carbons (Fsp3) is 0.588. The van der Waals surface area contributed by atoms with E-state index in [1.807, 2.05) is 30.3 Å². The number of carbonyl (C=O) groups is 1. The van der Waals surface area contributed by atoms with Gasteiger partial charge in [0, 0.05) is 12.6 Å². The molecule has 2 atom stereocenters. The van der Waals surface area contributed by atoms with Crippen molar-refractivity contribution in [1.82, 2.24) is 10.2 Å². The monoisotopic (exact) mass is 341 g/mol. The van der Waals surface area contributed by atoms with Crippen molar-refractivity contribution in [1.29, 1.82) is 0 Å². The molecule has 6 heteroatoms. The number of halogens is 1. The minimum atomic E-state index is 0. The van der Waals surface area contributed by atoms with E-state index in [2.05, 4.69) is 17.1 Å². The van der Waals surface area contributed by atoms with E-state index in [0.29, 0.717) is 38.2 Å². The number of nitrogens with two attached hydrogens (primary N) is 1. The van der Waals surface area contributed by atoms with Gasteiger partial charge in [-0.15, -0.1) is 12.4 Å². The molecule has 1 aromatic carbocycles. The molecular formula is C17H28ClN3O2. The van der Waals surface area contributed by atoms with Gasteiger partial charge in [-0.05, 0) is 37.4 Å². The van der Waals surface area contributed by atoms with Gasteiger partial charge in [0.1, 0.15) is 12.4 Å². The molecule has 0 radical (unpaired) electrons. The molecule has 0 spiro atoms. The number of rotatable bonds is 7. The van der Waals surface area contributed by atoms with Gasteiger partial charge in [-0.3, -0.25) is 9.69 Å². The lowest BCUT2D eigenvalue weighted by molar-refractivity contribution is -0.123. The Morgan fingerprint density at radius 1 is 1.39 bits per heavy atom. The number of carbonyl (C=O) groups excluding carboxylic acids is 1. The number of hydrogen-bond acceptors (Lipinski definition) is 4. The fourth-order valence-corrected chi connectivity index (χ4v) is 2.87. The Balaban J connectivity index is 0.00000264. The highest BCUT2D eigenvalue weighted by atomic mass is 35.5. The second-order valence-corrected chi connectivity index (χ2v) is 6.00. The molecule has 0 aliphatic carbocycles. The van der Waals surface area contributed by atoms with Crippen LogP contribution in [-0.4, -0.2) is 49.6 Å². The second kappa shape index (κ2) is 10.5. The van der Waals surface area contributed by atoms with E-state index in [4.69, 9.17) is 10.5 Å². The Labute approximate surface area is 145 Å². The highest BCUT2D eigenvalue weighted by Gasteiger charge is 2.26. The summed E-state index contributed by atoms with van der Waals surface area (Å²) in [5, 5.41) is 2.91. The Morgan fingerprint density at radius 2 is 2.13 bits per heavy atom. The topological polar surface area (TPSA) is 67.6 Å². The van der Waals surface area contributed by atoms with E-state index >= 15 is 0 Å². The molecule has 0 saturated carbocycles. The first-order chi connectivity index (χ1) is 10.7. The van der Waals surface area contributed by atoms with Crippen LogP contribution in [0.1, 0.15) is 19.8 Å². The molecule has 23 heavy (non-hydrogen) atoms. The summed E-state index contributed by atoms with van der Waals surface area (Å²) >= 11 is 0. The van der Waals surface area contributed by atoms with Crippen LogP contribution in [0.3, 0.4) is 0 Å². The Hall–Kier alpha value is -1.30. The number of amides is 1. The highest BCUT2D eigenvalue weighted by Crippen LogP contribution is 2.21. The zero-order chi connectivity index (χ0) is 15.8. The molecule has 5 nitrogen and oxygen atoms in total. The van der Waals surface area contributed by atoms with E-state index < -0.39 is 0 Å². The Kier molecular flexibility index (Phi) is 8.99. The van der Waals surface area contributed by atoms with E-state index in [0.717, 1.165) is 25.1 Å². The van der Waals surface area contributed by atoms with Crippen molar-refractivity contribution in [3.05, 3.63) is 30.3 Å². The summed E-state index contributed by atoms with van der Waals surface area (Å²) in [4.78, 5) is 14.2. The maximum Gasteiger partial charge on any atom is 0.234 e. The molecular weight excluding hydrogens is 314 g/mol. The van der Waals surface area contributed by atoms with E-state index in [-0.39, 0.29) is 18.3 Å². The van der Waals surface area contributed by atoms with E-state index in [9.17, 15) is 4.79 Å². The lowest BCUT2D eigenvalue weighted by Gasteiger charge is -2.37. The molecule has 0 bridgehead atoms. The van der Waals surface area contributed by atoms with Crippen molar-refractivity contribution in [3.63, 3.8) is 0 Å². The minimum absolute atomic E-state index is 0. The summed E-state index contributed by atoms with van der Waals surface area (Å²) in [6, 6.07) is 9.94. The van der Waals surface area contributed by atoms with Crippen LogP contribution in [0, 0.1) is 5.92 Å². The first kappa shape index (κ1) is 19.7. The zero-order valence-electron chi connectivity index (χ0n) is 13.7. The number of likely N-dealkylation sites (tertiary alicyclic amines) is 1. The number of piperidine rings is 1. The van der Waals surface area contributed by atoms with Gasteiger partial charge in [-0.1, -0.05) is 25.1 Å². The Bertz CT molecular complexity index is 458. The third-order valence-electron chi connectivity index (χ3n) is 4.15. The van der Waals surface area contributed by atoms with Gasteiger partial charge < -0.3 is 15.8 Å². The number of para-hydroxylation sites is 1. The molecule has 1 aliphatic heterocycles.